The molecular formula is C11H15Br. The molecule has 0 N–H and O–H groups in total. The SMILES string of the molecule is Cc1ccc([C@@H](C)CCBr)cc1. The highest BCUT2D eigenvalue weighted by atomic mass is 79.9. The van der Waals surface area contributed by atoms with Gasteiger partial charge in [-0.05, 0) is 24.8 Å². The molecule has 1 rings (SSSR count). The van der Waals surface area contributed by atoms with E-state index in [9.17, 15) is 0 Å². The maximum absolute atomic E-state index is 3.46. The van der Waals surface area contributed by atoms with Crippen molar-refractivity contribution in [1.82, 2.24) is 0 Å². The summed E-state index contributed by atoms with van der Waals surface area (Å²) < 4.78 is 0. The van der Waals surface area contributed by atoms with Crippen molar-refractivity contribution in [3.05, 3.63) is 35.4 Å². The molecule has 0 unspecified atom stereocenters. The Hall–Kier alpha value is -0.300. The zero-order chi connectivity index (χ0) is 8.97. The van der Waals surface area contributed by atoms with Crippen LogP contribution in [0.3, 0.4) is 0 Å². The molecule has 0 aliphatic rings. The van der Waals surface area contributed by atoms with Crippen LogP contribution in [-0.2, 0) is 0 Å². The van der Waals surface area contributed by atoms with Crippen LogP contribution in [0.15, 0.2) is 24.3 Å². The van der Waals surface area contributed by atoms with E-state index in [0.717, 1.165) is 5.33 Å². The molecule has 0 saturated heterocycles. The normalized spacial score (nSPS) is 12.9. The number of aryl methyl sites for hydroxylation is 1. The Morgan fingerprint density at radius 1 is 1.25 bits per heavy atom. The van der Waals surface area contributed by atoms with Gasteiger partial charge < -0.3 is 0 Å². The van der Waals surface area contributed by atoms with Crippen LogP contribution in [-0.4, -0.2) is 5.33 Å². The Morgan fingerprint density at radius 2 is 1.83 bits per heavy atom. The first-order chi connectivity index (χ1) is 5.74. The zero-order valence-corrected chi connectivity index (χ0v) is 9.26. The van der Waals surface area contributed by atoms with Crippen LogP contribution in [0, 0.1) is 6.92 Å². The molecule has 0 radical (unpaired) electrons. The number of benzene rings is 1. The monoisotopic (exact) mass is 226 g/mol. The Kier molecular flexibility index (Phi) is 3.80. The van der Waals surface area contributed by atoms with E-state index in [2.05, 4.69) is 54.0 Å². The molecule has 66 valence electrons. The predicted molar refractivity (Wildman–Crippen MR) is 58.0 cm³/mol. The summed E-state index contributed by atoms with van der Waals surface area (Å²) in [7, 11) is 0. The molecule has 0 aliphatic heterocycles. The van der Waals surface area contributed by atoms with Crippen molar-refractivity contribution in [2.24, 2.45) is 0 Å². The Bertz CT molecular complexity index is 225. The molecule has 0 aromatic heterocycles. The van der Waals surface area contributed by atoms with Crippen molar-refractivity contribution in [2.75, 3.05) is 5.33 Å². The van der Waals surface area contributed by atoms with E-state index in [1.165, 1.54) is 17.5 Å². The quantitative estimate of drug-likeness (QED) is 0.687. The van der Waals surface area contributed by atoms with Crippen molar-refractivity contribution in [2.45, 2.75) is 26.2 Å². The van der Waals surface area contributed by atoms with Gasteiger partial charge in [-0.3, -0.25) is 0 Å². The molecule has 0 heterocycles. The van der Waals surface area contributed by atoms with Crippen molar-refractivity contribution in [3.63, 3.8) is 0 Å². The van der Waals surface area contributed by atoms with Crippen LogP contribution >= 0.6 is 15.9 Å². The summed E-state index contributed by atoms with van der Waals surface area (Å²) in [6.07, 6.45) is 1.21. The number of hydrogen-bond acceptors (Lipinski definition) is 0. The van der Waals surface area contributed by atoms with Gasteiger partial charge in [0, 0.05) is 5.33 Å². The summed E-state index contributed by atoms with van der Waals surface area (Å²) in [6, 6.07) is 8.81. The van der Waals surface area contributed by atoms with E-state index in [1.54, 1.807) is 0 Å². The molecule has 0 saturated carbocycles. The van der Waals surface area contributed by atoms with Gasteiger partial charge in [-0.1, -0.05) is 52.7 Å². The maximum atomic E-state index is 3.46. The summed E-state index contributed by atoms with van der Waals surface area (Å²) in [5, 5.41) is 1.09. The largest absolute Gasteiger partial charge is 0.0928 e. The van der Waals surface area contributed by atoms with Crippen LogP contribution in [0.5, 0.6) is 0 Å². The molecule has 0 nitrogen and oxygen atoms in total. The van der Waals surface area contributed by atoms with Crippen molar-refractivity contribution < 1.29 is 0 Å². The Morgan fingerprint density at radius 3 is 2.33 bits per heavy atom. The average Bonchev–Trinajstić information content (AvgIpc) is 2.06. The minimum atomic E-state index is 0.671. The van der Waals surface area contributed by atoms with Crippen molar-refractivity contribution >= 4 is 15.9 Å². The third-order valence-electron chi connectivity index (χ3n) is 2.19. The molecule has 0 aliphatic carbocycles. The van der Waals surface area contributed by atoms with Gasteiger partial charge in [0.15, 0.2) is 0 Å². The second-order valence-electron chi connectivity index (χ2n) is 3.29. The summed E-state index contributed by atoms with van der Waals surface area (Å²) in [6.45, 7) is 4.39. The molecule has 0 amide bonds. The molecule has 0 spiro atoms. The minimum Gasteiger partial charge on any atom is -0.0928 e. The third kappa shape index (κ3) is 2.63. The van der Waals surface area contributed by atoms with E-state index in [4.69, 9.17) is 0 Å². The topological polar surface area (TPSA) is 0 Å². The standard InChI is InChI=1S/C11H15Br/c1-9-3-5-11(6-4-9)10(2)7-8-12/h3-6,10H,7-8H2,1-2H3/t10-/m0/s1. The molecule has 0 bridgehead atoms. The highest BCUT2D eigenvalue weighted by Gasteiger charge is 2.02. The summed E-state index contributed by atoms with van der Waals surface area (Å²) in [5.74, 6) is 0.671. The second kappa shape index (κ2) is 4.66. The second-order valence-corrected chi connectivity index (χ2v) is 4.08. The van der Waals surface area contributed by atoms with Crippen LogP contribution < -0.4 is 0 Å². The van der Waals surface area contributed by atoms with Crippen LogP contribution in [0.4, 0.5) is 0 Å². The van der Waals surface area contributed by atoms with Crippen LogP contribution in [0.1, 0.15) is 30.4 Å². The highest BCUT2D eigenvalue weighted by molar-refractivity contribution is 9.09. The van der Waals surface area contributed by atoms with Gasteiger partial charge >= 0.3 is 0 Å². The lowest BCUT2D eigenvalue weighted by Gasteiger charge is -2.09. The molecule has 1 aromatic rings. The molecule has 1 heteroatoms. The fourth-order valence-corrected chi connectivity index (χ4v) is 1.91. The van der Waals surface area contributed by atoms with Crippen molar-refractivity contribution in [1.29, 1.82) is 0 Å². The first-order valence-electron chi connectivity index (χ1n) is 4.36. The minimum absolute atomic E-state index is 0.671. The van der Waals surface area contributed by atoms with Gasteiger partial charge in [0.1, 0.15) is 0 Å². The van der Waals surface area contributed by atoms with E-state index in [0.29, 0.717) is 5.92 Å². The first-order valence-corrected chi connectivity index (χ1v) is 5.48. The van der Waals surface area contributed by atoms with Gasteiger partial charge in [0.05, 0.1) is 0 Å². The maximum Gasteiger partial charge on any atom is 0.00370 e. The van der Waals surface area contributed by atoms with E-state index >= 15 is 0 Å². The highest BCUT2D eigenvalue weighted by Crippen LogP contribution is 2.19. The summed E-state index contributed by atoms with van der Waals surface area (Å²) in [4.78, 5) is 0. The number of halogens is 1. The van der Waals surface area contributed by atoms with Crippen molar-refractivity contribution in [3.8, 4) is 0 Å². The van der Waals surface area contributed by atoms with E-state index < -0.39 is 0 Å². The molecular weight excluding hydrogens is 212 g/mol. The van der Waals surface area contributed by atoms with Crippen LogP contribution in [0.25, 0.3) is 0 Å². The number of rotatable bonds is 3. The molecule has 0 fully saturated rings. The van der Waals surface area contributed by atoms with Gasteiger partial charge in [0.25, 0.3) is 0 Å². The summed E-state index contributed by atoms with van der Waals surface area (Å²) >= 11 is 3.46. The average molecular weight is 227 g/mol. The lowest BCUT2D eigenvalue weighted by atomic mass is 9.98. The van der Waals surface area contributed by atoms with E-state index in [-0.39, 0.29) is 0 Å². The van der Waals surface area contributed by atoms with Gasteiger partial charge in [-0.15, -0.1) is 0 Å². The Labute approximate surface area is 83.1 Å². The fourth-order valence-electron chi connectivity index (χ4n) is 1.23. The third-order valence-corrected chi connectivity index (χ3v) is 2.65. The van der Waals surface area contributed by atoms with Gasteiger partial charge in [0.2, 0.25) is 0 Å². The summed E-state index contributed by atoms with van der Waals surface area (Å²) in [5.41, 5.74) is 2.78. The Balaban J connectivity index is 2.68. The van der Waals surface area contributed by atoms with E-state index in [1.807, 2.05) is 0 Å². The smallest absolute Gasteiger partial charge is 0.00370 e. The molecule has 1 aromatic carbocycles. The lowest BCUT2D eigenvalue weighted by Crippen LogP contribution is -1.93. The molecule has 12 heavy (non-hydrogen) atoms. The zero-order valence-electron chi connectivity index (χ0n) is 7.68. The fraction of sp³-hybridized carbons (Fsp3) is 0.455. The van der Waals surface area contributed by atoms with Gasteiger partial charge in [-0.2, -0.15) is 0 Å². The number of hydrogen-bond donors (Lipinski definition) is 0. The number of alkyl halides is 1. The van der Waals surface area contributed by atoms with Crippen LogP contribution in [0.2, 0.25) is 0 Å². The molecule has 1 atom stereocenters. The lowest BCUT2D eigenvalue weighted by molar-refractivity contribution is 0.744. The first kappa shape index (κ1) is 9.79. The predicted octanol–water partition coefficient (Wildman–Crippen LogP) is 3.88. The van der Waals surface area contributed by atoms with Gasteiger partial charge in [-0.25, -0.2) is 0 Å².